The summed E-state index contributed by atoms with van der Waals surface area (Å²) in [5.41, 5.74) is 1.10. The predicted octanol–water partition coefficient (Wildman–Crippen LogP) is 3.28. The maximum atomic E-state index is 11.8. The van der Waals surface area contributed by atoms with Crippen LogP contribution in [-0.2, 0) is 11.2 Å². The normalized spacial score (nSPS) is 10.2. The van der Waals surface area contributed by atoms with E-state index in [0.717, 1.165) is 16.9 Å². The molecule has 19 heavy (non-hydrogen) atoms. The summed E-state index contributed by atoms with van der Waals surface area (Å²) in [4.78, 5) is 22.9. The standard InChI is InChI=1S/C13H10ClNO3S/c14-9-3-1-2-8(6-9)7-11(16)15-10-4-5-19-12(10)13(17)18/h1-6H,7H2,(H,15,16)(H,17,18). The number of thiophene rings is 1. The lowest BCUT2D eigenvalue weighted by Gasteiger charge is -2.05. The van der Waals surface area contributed by atoms with Gasteiger partial charge in [-0.3, -0.25) is 4.79 Å². The van der Waals surface area contributed by atoms with Gasteiger partial charge < -0.3 is 10.4 Å². The van der Waals surface area contributed by atoms with E-state index in [1.54, 1.807) is 35.7 Å². The van der Waals surface area contributed by atoms with Crippen LogP contribution in [0.25, 0.3) is 0 Å². The summed E-state index contributed by atoms with van der Waals surface area (Å²) >= 11 is 6.90. The average molecular weight is 296 g/mol. The van der Waals surface area contributed by atoms with E-state index in [4.69, 9.17) is 16.7 Å². The lowest BCUT2D eigenvalue weighted by atomic mass is 10.1. The number of amides is 1. The van der Waals surface area contributed by atoms with Crippen LogP contribution >= 0.6 is 22.9 Å². The highest BCUT2D eigenvalue weighted by molar-refractivity contribution is 7.12. The van der Waals surface area contributed by atoms with Crippen molar-refractivity contribution < 1.29 is 14.7 Å². The third kappa shape index (κ3) is 3.56. The van der Waals surface area contributed by atoms with E-state index in [2.05, 4.69) is 5.32 Å². The molecule has 0 aliphatic heterocycles. The minimum atomic E-state index is -1.05. The Bertz CT molecular complexity index is 624. The van der Waals surface area contributed by atoms with Crippen molar-refractivity contribution in [3.8, 4) is 0 Å². The highest BCUT2D eigenvalue weighted by Crippen LogP contribution is 2.22. The van der Waals surface area contributed by atoms with Crippen LogP contribution in [0.3, 0.4) is 0 Å². The van der Waals surface area contributed by atoms with Gasteiger partial charge >= 0.3 is 5.97 Å². The second-order valence-corrected chi connectivity index (χ2v) is 5.18. The molecule has 0 unspecified atom stereocenters. The Morgan fingerprint density at radius 1 is 1.32 bits per heavy atom. The van der Waals surface area contributed by atoms with E-state index in [1.807, 2.05) is 0 Å². The molecule has 0 fully saturated rings. The molecule has 6 heteroatoms. The number of hydrogen-bond donors (Lipinski definition) is 2. The summed E-state index contributed by atoms with van der Waals surface area (Å²) in [7, 11) is 0. The predicted molar refractivity (Wildman–Crippen MR) is 75.1 cm³/mol. The Labute approximate surface area is 118 Å². The van der Waals surface area contributed by atoms with Crippen LogP contribution in [0.4, 0.5) is 5.69 Å². The van der Waals surface area contributed by atoms with Gasteiger partial charge in [0.1, 0.15) is 4.88 Å². The lowest BCUT2D eigenvalue weighted by molar-refractivity contribution is -0.115. The number of carbonyl (C=O) groups excluding carboxylic acids is 1. The van der Waals surface area contributed by atoms with Gasteiger partial charge in [0.15, 0.2) is 0 Å². The summed E-state index contributed by atoms with van der Waals surface area (Å²) in [5.74, 6) is -1.32. The molecular formula is C13H10ClNO3S. The van der Waals surface area contributed by atoms with E-state index < -0.39 is 5.97 Å². The number of aromatic carboxylic acids is 1. The Morgan fingerprint density at radius 2 is 2.11 bits per heavy atom. The van der Waals surface area contributed by atoms with Gasteiger partial charge in [-0.1, -0.05) is 23.7 Å². The molecule has 0 aliphatic rings. The van der Waals surface area contributed by atoms with Gasteiger partial charge in [-0.2, -0.15) is 0 Å². The SMILES string of the molecule is O=C(Cc1cccc(Cl)c1)Nc1ccsc1C(=O)O. The Morgan fingerprint density at radius 3 is 2.79 bits per heavy atom. The maximum absolute atomic E-state index is 11.8. The quantitative estimate of drug-likeness (QED) is 0.909. The first-order valence-corrected chi connectivity index (χ1v) is 6.67. The number of carboxylic acids is 1. The molecule has 2 N–H and O–H groups in total. The number of benzene rings is 1. The number of carbonyl (C=O) groups is 2. The van der Waals surface area contributed by atoms with Crippen LogP contribution in [0.5, 0.6) is 0 Å². The summed E-state index contributed by atoms with van der Waals surface area (Å²) in [5, 5.41) is 13.7. The third-order valence-electron chi connectivity index (χ3n) is 2.39. The second kappa shape index (κ2) is 5.86. The van der Waals surface area contributed by atoms with Crippen molar-refractivity contribution in [1.82, 2.24) is 0 Å². The van der Waals surface area contributed by atoms with Gasteiger partial charge in [-0.25, -0.2) is 4.79 Å². The Kier molecular flexibility index (Phi) is 4.19. The fourth-order valence-electron chi connectivity index (χ4n) is 1.60. The van der Waals surface area contributed by atoms with Gasteiger partial charge in [0.05, 0.1) is 12.1 Å². The number of nitrogens with one attached hydrogen (secondary N) is 1. The average Bonchev–Trinajstić information content (AvgIpc) is 2.76. The molecule has 0 saturated carbocycles. The molecule has 0 atom stereocenters. The monoisotopic (exact) mass is 295 g/mol. The molecule has 2 rings (SSSR count). The first kappa shape index (κ1) is 13.6. The molecule has 98 valence electrons. The van der Waals surface area contributed by atoms with Gasteiger partial charge in [0.2, 0.25) is 5.91 Å². The largest absolute Gasteiger partial charge is 0.477 e. The zero-order valence-corrected chi connectivity index (χ0v) is 11.3. The molecule has 1 aromatic heterocycles. The zero-order valence-electron chi connectivity index (χ0n) is 9.72. The van der Waals surface area contributed by atoms with E-state index >= 15 is 0 Å². The summed E-state index contributed by atoms with van der Waals surface area (Å²) in [6.07, 6.45) is 0.148. The smallest absolute Gasteiger partial charge is 0.348 e. The van der Waals surface area contributed by atoms with Crippen molar-refractivity contribution in [2.24, 2.45) is 0 Å². The highest BCUT2D eigenvalue weighted by Gasteiger charge is 2.14. The van der Waals surface area contributed by atoms with E-state index in [1.165, 1.54) is 0 Å². The van der Waals surface area contributed by atoms with E-state index in [9.17, 15) is 9.59 Å². The number of hydrogen-bond acceptors (Lipinski definition) is 3. The van der Waals surface area contributed by atoms with Crippen LogP contribution in [-0.4, -0.2) is 17.0 Å². The van der Waals surface area contributed by atoms with E-state index in [0.29, 0.717) is 10.7 Å². The van der Waals surface area contributed by atoms with Gasteiger partial charge in [-0.15, -0.1) is 11.3 Å². The minimum Gasteiger partial charge on any atom is -0.477 e. The first-order valence-electron chi connectivity index (χ1n) is 5.41. The van der Waals surface area contributed by atoms with Crippen LogP contribution in [0.1, 0.15) is 15.2 Å². The second-order valence-electron chi connectivity index (χ2n) is 3.82. The van der Waals surface area contributed by atoms with Crippen molar-refractivity contribution in [3.05, 3.63) is 51.2 Å². The van der Waals surface area contributed by atoms with Crippen LogP contribution in [0, 0.1) is 0 Å². The zero-order chi connectivity index (χ0) is 13.8. The summed E-state index contributed by atoms with van der Waals surface area (Å²) in [6.45, 7) is 0. The fourth-order valence-corrected chi connectivity index (χ4v) is 2.50. The molecular weight excluding hydrogens is 286 g/mol. The topological polar surface area (TPSA) is 66.4 Å². The molecule has 0 spiro atoms. The Hall–Kier alpha value is -1.85. The summed E-state index contributed by atoms with van der Waals surface area (Å²) < 4.78 is 0. The van der Waals surface area contributed by atoms with Crippen molar-refractivity contribution in [2.75, 3.05) is 5.32 Å². The van der Waals surface area contributed by atoms with Crippen molar-refractivity contribution in [1.29, 1.82) is 0 Å². The molecule has 0 radical (unpaired) electrons. The van der Waals surface area contributed by atoms with Gasteiger partial charge in [0.25, 0.3) is 0 Å². The van der Waals surface area contributed by atoms with Crippen molar-refractivity contribution >= 4 is 40.5 Å². The molecule has 4 nitrogen and oxygen atoms in total. The van der Waals surface area contributed by atoms with Crippen molar-refractivity contribution in [3.63, 3.8) is 0 Å². The molecule has 1 heterocycles. The summed E-state index contributed by atoms with van der Waals surface area (Å²) in [6, 6.07) is 8.55. The minimum absolute atomic E-state index is 0.124. The first-order chi connectivity index (χ1) is 9.06. The molecule has 0 aliphatic carbocycles. The Balaban J connectivity index is 2.05. The molecule has 2 aromatic rings. The van der Waals surface area contributed by atoms with Crippen LogP contribution in [0.15, 0.2) is 35.7 Å². The number of carboxylic acid groups (broad SMARTS) is 1. The van der Waals surface area contributed by atoms with Gasteiger partial charge in [-0.05, 0) is 29.1 Å². The number of anilines is 1. The van der Waals surface area contributed by atoms with Crippen LogP contribution in [0.2, 0.25) is 5.02 Å². The molecule has 0 bridgehead atoms. The van der Waals surface area contributed by atoms with Crippen molar-refractivity contribution in [2.45, 2.75) is 6.42 Å². The maximum Gasteiger partial charge on any atom is 0.348 e. The molecule has 1 amide bonds. The molecule has 1 aromatic carbocycles. The number of rotatable bonds is 4. The van der Waals surface area contributed by atoms with E-state index in [-0.39, 0.29) is 17.2 Å². The fraction of sp³-hybridized carbons (Fsp3) is 0.0769. The van der Waals surface area contributed by atoms with Gasteiger partial charge in [0, 0.05) is 5.02 Å². The number of halogens is 1. The lowest BCUT2D eigenvalue weighted by Crippen LogP contribution is -2.15. The van der Waals surface area contributed by atoms with Crippen LogP contribution < -0.4 is 5.32 Å². The molecule has 0 saturated heterocycles. The third-order valence-corrected chi connectivity index (χ3v) is 3.52. The highest BCUT2D eigenvalue weighted by atomic mass is 35.5.